The molecule has 1 N–H and O–H groups in total. The van der Waals surface area contributed by atoms with Crippen molar-refractivity contribution >= 4 is 5.69 Å². The number of hydrogen-bond donors (Lipinski definition) is 1. The van der Waals surface area contributed by atoms with Crippen LogP contribution in [0.2, 0.25) is 0 Å². The van der Waals surface area contributed by atoms with Gasteiger partial charge in [0, 0.05) is 24.0 Å². The first-order valence-corrected chi connectivity index (χ1v) is 6.72. The van der Waals surface area contributed by atoms with E-state index in [2.05, 4.69) is 12.1 Å². The summed E-state index contributed by atoms with van der Waals surface area (Å²) in [5.41, 5.74) is 4.54. The summed E-state index contributed by atoms with van der Waals surface area (Å²) in [7, 11) is 0. The van der Waals surface area contributed by atoms with E-state index in [0.29, 0.717) is 6.42 Å². The molecule has 4 heteroatoms. The molecule has 3 aliphatic rings. The molecule has 2 aromatic rings. The van der Waals surface area contributed by atoms with Gasteiger partial charge in [0.15, 0.2) is 0 Å². The van der Waals surface area contributed by atoms with Gasteiger partial charge in [-0.05, 0) is 28.7 Å². The number of non-ortho nitro benzene ring substituents is 1. The largest absolute Gasteiger partial charge is 0.392 e. The van der Waals surface area contributed by atoms with Crippen molar-refractivity contribution in [2.75, 3.05) is 0 Å². The standard InChI is InChI=1S/C16H13NO3/c18-15-8-14-10-3-1-2-4-11(10)16(15)12-6-5-9(17(19)20)7-13(12)14/h1-7,14-16,18H,8H2/t14-,15+,16+/m0/s1. The van der Waals surface area contributed by atoms with Gasteiger partial charge in [-0.2, -0.15) is 0 Å². The average molecular weight is 267 g/mol. The van der Waals surface area contributed by atoms with Crippen molar-refractivity contribution in [3.05, 3.63) is 74.8 Å². The third-order valence-corrected chi connectivity index (χ3v) is 4.56. The van der Waals surface area contributed by atoms with E-state index in [-0.39, 0.29) is 22.4 Å². The van der Waals surface area contributed by atoms with Crippen LogP contribution in [-0.4, -0.2) is 16.1 Å². The van der Waals surface area contributed by atoms with Crippen molar-refractivity contribution < 1.29 is 10.0 Å². The molecular formula is C16H13NO3. The SMILES string of the molecule is O=[N+]([O-])c1ccc2c(c1)[C@H]1C[C@@H](O)[C@@H]2c2ccccc21. The zero-order valence-corrected chi connectivity index (χ0v) is 10.7. The lowest BCUT2D eigenvalue weighted by Crippen LogP contribution is -2.35. The Hall–Kier alpha value is -2.20. The highest BCUT2D eigenvalue weighted by Crippen LogP contribution is 2.53. The Morgan fingerprint density at radius 1 is 1.05 bits per heavy atom. The first-order chi connectivity index (χ1) is 9.66. The number of fused-ring (bicyclic) bond motifs is 1. The van der Waals surface area contributed by atoms with Crippen LogP contribution in [0.1, 0.15) is 40.5 Å². The average Bonchev–Trinajstić information content (AvgIpc) is 2.47. The molecule has 3 aliphatic carbocycles. The molecule has 0 aliphatic heterocycles. The molecule has 2 bridgehead atoms. The minimum absolute atomic E-state index is 0.0491. The molecule has 0 saturated carbocycles. The molecule has 0 unspecified atom stereocenters. The maximum Gasteiger partial charge on any atom is 0.269 e. The Kier molecular flexibility index (Phi) is 2.26. The molecule has 0 radical (unpaired) electrons. The van der Waals surface area contributed by atoms with Crippen LogP contribution in [0.15, 0.2) is 42.5 Å². The molecule has 4 nitrogen and oxygen atoms in total. The first-order valence-electron chi connectivity index (χ1n) is 6.72. The van der Waals surface area contributed by atoms with E-state index in [1.54, 1.807) is 6.07 Å². The maximum atomic E-state index is 11.0. The predicted octanol–water partition coefficient (Wildman–Crippen LogP) is 2.94. The fourth-order valence-corrected chi connectivity index (χ4v) is 3.75. The van der Waals surface area contributed by atoms with Gasteiger partial charge in [-0.25, -0.2) is 0 Å². The van der Waals surface area contributed by atoms with E-state index in [1.807, 2.05) is 18.2 Å². The molecule has 100 valence electrons. The fraction of sp³-hybridized carbons (Fsp3) is 0.250. The third-order valence-electron chi connectivity index (χ3n) is 4.56. The minimum Gasteiger partial charge on any atom is -0.392 e. The van der Waals surface area contributed by atoms with Crippen LogP contribution in [0.4, 0.5) is 5.69 Å². The fourth-order valence-electron chi connectivity index (χ4n) is 3.75. The molecular weight excluding hydrogens is 254 g/mol. The van der Waals surface area contributed by atoms with Crippen molar-refractivity contribution in [3.63, 3.8) is 0 Å². The van der Waals surface area contributed by atoms with E-state index in [4.69, 9.17) is 0 Å². The van der Waals surface area contributed by atoms with Crippen LogP contribution in [-0.2, 0) is 0 Å². The molecule has 0 spiro atoms. The lowest BCUT2D eigenvalue weighted by Gasteiger charge is -2.43. The topological polar surface area (TPSA) is 63.4 Å². The number of nitrogens with zero attached hydrogens (tertiary/aromatic N) is 1. The summed E-state index contributed by atoms with van der Waals surface area (Å²) in [6, 6.07) is 13.1. The molecule has 0 aromatic heterocycles. The summed E-state index contributed by atoms with van der Waals surface area (Å²) in [5.74, 6) is 0.0214. The molecule has 0 saturated heterocycles. The van der Waals surface area contributed by atoms with Gasteiger partial charge in [-0.1, -0.05) is 30.3 Å². The summed E-state index contributed by atoms with van der Waals surface area (Å²) in [6.45, 7) is 0. The van der Waals surface area contributed by atoms with Crippen LogP contribution in [0.25, 0.3) is 0 Å². The molecule has 20 heavy (non-hydrogen) atoms. The van der Waals surface area contributed by atoms with Gasteiger partial charge in [-0.15, -0.1) is 0 Å². The van der Waals surface area contributed by atoms with E-state index in [0.717, 1.165) is 16.7 Å². The van der Waals surface area contributed by atoms with Gasteiger partial charge in [0.2, 0.25) is 0 Å². The summed E-state index contributed by atoms with van der Waals surface area (Å²) >= 11 is 0. The lowest BCUT2D eigenvalue weighted by molar-refractivity contribution is -0.385. The zero-order valence-electron chi connectivity index (χ0n) is 10.7. The third kappa shape index (κ3) is 1.40. The van der Waals surface area contributed by atoms with Crippen molar-refractivity contribution in [3.8, 4) is 0 Å². The molecule has 5 rings (SSSR count). The number of hydrogen-bond acceptors (Lipinski definition) is 3. The van der Waals surface area contributed by atoms with E-state index >= 15 is 0 Å². The quantitative estimate of drug-likeness (QED) is 0.638. The second kappa shape index (κ2) is 3.90. The van der Waals surface area contributed by atoms with E-state index in [1.165, 1.54) is 11.6 Å². The minimum atomic E-state index is -0.399. The number of rotatable bonds is 1. The summed E-state index contributed by atoms with van der Waals surface area (Å²) in [4.78, 5) is 10.6. The number of aliphatic hydroxyl groups excluding tert-OH is 1. The Morgan fingerprint density at radius 3 is 2.50 bits per heavy atom. The maximum absolute atomic E-state index is 11.0. The number of aliphatic hydroxyl groups is 1. The molecule has 0 fully saturated rings. The normalized spacial score (nSPS) is 25.9. The molecule has 3 atom stereocenters. The highest BCUT2D eigenvalue weighted by Gasteiger charge is 2.43. The van der Waals surface area contributed by atoms with Crippen molar-refractivity contribution in [2.45, 2.75) is 24.4 Å². The highest BCUT2D eigenvalue weighted by molar-refractivity contribution is 5.58. The molecule has 0 amide bonds. The number of nitro benzene ring substituents is 1. The molecule has 0 heterocycles. The summed E-state index contributed by atoms with van der Waals surface area (Å²) < 4.78 is 0. The number of benzene rings is 2. The van der Waals surface area contributed by atoms with Crippen LogP contribution in [0, 0.1) is 10.1 Å². The van der Waals surface area contributed by atoms with Crippen molar-refractivity contribution in [1.82, 2.24) is 0 Å². The van der Waals surface area contributed by atoms with Crippen molar-refractivity contribution in [2.24, 2.45) is 0 Å². The Balaban J connectivity index is 1.97. The van der Waals surface area contributed by atoms with Gasteiger partial charge < -0.3 is 5.11 Å². The second-order valence-electron chi connectivity index (χ2n) is 5.53. The predicted molar refractivity (Wildman–Crippen MR) is 73.8 cm³/mol. The van der Waals surface area contributed by atoms with Gasteiger partial charge >= 0.3 is 0 Å². The van der Waals surface area contributed by atoms with Crippen LogP contribution in [0.3, 0.4) is 0 Å². The smallest absolute Gasteiger partial charge is 0.269 e. The van der Waals surface area contributed by atoms with Crippen LogP contribution in [0.5, 0.6) is 0 Å². The monoisotopic (exact) mass is 267 g/mol. The van der Waals surface area contributed by atoms with E-state index < -0.39 is 6.10 Å². The Bertz CT molecular complexity index is 725. The molecule has 2 aromatic carbocycles. The first kappa shape index (κ1) is 11.6. The summed E-state index contributed by atoms with van der Waals surface area (Å²) in [6.07, 6.45) is 0.249. The summed E-state index contributed by atoms with van der Waals surface area (Å²) in [5, 5.41) is 21.3. The zero-order chi connectivity index (χ0) is 13.9. The van der Waals surface area contributed by atoms with E-state index in [9.17, 15) is 15.2 Å². The Labute approximate surface area is 115 Å². The van der Waals surface area contributed by atoms with Crippen LogP contribution < -0.4 is 0 Å². The van der Waals surface area contributed by atoms with Crippen LogP contribution >= 0.6 is 0 Å². The van der Waals surface area contributed by atoms with Crippen molar-refractivity contribution in [1.29, 1.82) is 0 Å². The van der Waals surface area contributed by atoms with Gasteiger partial charge in [0.1, 0.15) is 0 Å². The lowest BCUT2D eigenvalue weighted by atomic mass is 9.62. The van der Waals surface area contributed by atoms with Gasteiger partial charge in [0.25, 0.3) is 5.69 Å². The second-order valence-corrected chi connectivity index (χ2v) is 5.53. The van der Waals surface area contributed by atoms with Gasteiger partial charge in [0.05, 0.1) is 11.0 Å². The van der Waals surface area contributed by atoms with Gasteiger partial charge in [-0.3, -0.25) is 10.1 Å². The Morgan fingerprint density at radius 2 is 1.75 bits per heavy atom. The number of nitro groups is 1. The highest BCUT2D eigenvalue weighted by atomic mass is 16.6.